The highest BCUT2D eigenvalue weighted by Gasteiger charge is 2.30. The van der Waals surface area contributed by atoms with E-state index in [4.69, 9.17) is 4.98 Å². The van der Waals surface area contributed by atoms with E-state index in [0.717, 1.165) is 19.4 Å². The Kier molecular flexibility index (Phi) is 5.31. The quantitative estimate of drug-likeness (QED) is 0.678. The number of aromatic nitrogens is 4. The van der Waals surface area contributed by atoms with Crippen molar-refractivity contribution in [2.24, 2.45) is 0 Å². The summed E-state index contributed by atoms with van der Waals surface area (Å²) >= 11 is 0. The van der Waals surface area contributed by atoms with E-state index in [0.29, 0.717) is 29.8 Å². The fraction of sp³-hybridized carbons (Fsp3) is 0.400. The lowest BCUT2D eigenvalue weighted by molar-refractivity contribution is 0.222. The predicted octanol–water partition coefficient (Wildman–Crippen LogP) is 0.783. The molecule has 0 amide bonds. The molecule has 146 valence electrons. The molecule has 8 heteroatoms. The van der Waals surface area contributed by atoms with E-state index in [-0.39, 0.29) is 30.4 Å². The van der Waals surface area contributed by atoms with Crippen LogP contribution in [0.5, 0.6) is 0 Å². The molecule has 0 aliphatic carbocycles. The number of aliphatic hydroxyl groups is 1. The third kappa shape index (κ3) is 3.48. The van der Waals surface area contributed by atoms with Crippen LogP contribution in [0.1, 0.15) is 24.7 Å². The monoisotopic (exact) mass is 381 g/mol. The van der Waals surface area contributed by atoms with Crippen molar-refractivity contribution in [1.82, 2.24) is 24.0 Å². The maximum Gasteiger partial charge on any atom is 0.347 e. The van der Waals surface area contributed by atoms with Gasteiger partial charge in [-0.3, -0.25) is 18.8 Å². The molecule has 1 N–H and O–H groups in total. The minimum absolute atomic E-state index is 0.0174. The molecule has 1 atom stereocenters. The van der Waals surface area contributed by atoms with E-state index in [1.165, 1.54) is 6.20 Å². The second kappa shape index (κ2) is 8.04. The van der Waals surface area contributed by atoms with Gasteiger partial charge in [-0.1, -0.05) is 12.1 Å². The van der Waals surface area contributed by atoms with Gasteiger partial charge < -0.3 is 5.11 Å². The zero-order chi connectivity index (χ0) is 19.5. The average Bonchev–Trinajstić information content (AvgIpc) is 3.18. The molecule has 4 rings (SSSR count). The molecule has 28 heavy (non-hydrogen) atoms. The Labute approximate surface area is 161 Å². The van der Waals surface area contributed by atoms with Crippen LogP contribution in [-0.4, -0.2) is 48.8 Å². The first kappa shape index (κ1) is 18.5. The summed E-state index contributed by atoms with van der Waals surface area (Å²) in [5.74, 6) is 0.689. The van der Waals surface area contributed by atoms with Crippen LogP contribution >= 0.6 is 0 Å². The van der Waals surface area contributed by atoms with Crippen molar-refractivity contribution in [2.75, 3.05) is 19.7 Å². The van der Waals surface area contributed by atoms with Gasteiger partial charge in [0.25, 0.3) is 5.56 Å². The molecule has 0 spiro atoms. The fourth-order valence-electron chi connectivity index (χ4n) is 3.94. The lowest BCUT2D eigenvalue weighted by Gasteiger charge is -2.26. The summed E-state index contributed by atoms with van der Waals surface area (Å²) in [6, 6.07) is 9.03. The van der Waals surface area contributed by atoms with Gasteiger partial charge >= 0.3 is 5.69 Å². The van der Waals surface area contributed by atoms with E-state index in [1.807, 2.05) is 18.2 Å². The molecule has 3 aromatic rings. The minimum atomic E-state index is -0.265. The molecule has 1 unspecified atom stereocenters. The number of para-hydroxylation sites is 1. The number of likely N-dealkylation sites (tertiary alicyclic amines) is 1. The van der Waals surface area contributed by atoms with E-state index < -0.39 is 0 Å². The van der Waals surface area contributed by atoms with Crippen LogP contribution in [0.25, 0.3) is 10.9 Å². The van der Waals surface area contributed by atoms with E-state index >= 15 is 0 Å². The van der Waals surface area contributed by atoms with Gasteiger partial charge in [-0.2, -0.15) is 0 Å². The van der Waals surface area contributed by atoms with Crippen molar-refractivity contribution < 1.29 is 5.11 Å². The molecule has 0 saturated carbocycles. The van der Waals surface area contributed by atoms with Gasteiger partial charge in [-0.15, -0.1) is 0 Å². The fourth-order valence-corrected chi connectivity index (χ4v) is 3.94. The van der Waals surface area contributed by atoms with Gasteiger partial charge in [-0.05, 0) is 37.6 Å². The number of benzene rings is 1. The highest BCUT2D eigenvalue weighted by atomic mass is 16.3. The number of nitrogens with zero attached hydrogens (tertiary/aromatic N) is 5. The Balaban J connectivity index is 1.67. The van der Waals surface area contributed by atoms with Crippen molar-refractivity contribution in [1.29, 1.82) is 0 Å². The summed E-state index contributed by atoms with van der Waals surface area (Å²) in [5.41, 5.74) is 0.288. The summed E-state index contributed by atoms with van der Waals surface area (Å²) in [7, 11) is 0. The second-order valence-corrected chi connectivity index (χ2v) is 6.96. The molecule has 0 bridgehead atoms. The minimum Gasteiger partial charge on any atom is -0.395 e. The Bertz CT molecular complexity index is 1090. The van der Waals surface area contributed by atoms with Crippen molar-refractivity contribution in [3.8, 4) is 0 Å². The van der Waals surface area contributed by atoms with E-state index in [9.17, 15) is 14.7 Å². The van der Waals surface area contributed by atoms with Crippen LogP contribution in [0, 0.1) is 0 Å². The maximum atomic E-state index is 13.0. The van der Waals surface area contributed by atoms with Crippen molar-refractivity contribution in [3.05, 3.63) is 69.4 Å². The van der Waals surface area contributed by atoms with Crippen LogP contribution in [0.4, 0.5) is 0 Å². The molecule has 2 aromatic heterocycles. The number of hydrogen-bond donors (Lipinski definition) is 1. The largest absolute Gasteiger partial charge is 0.395 e. The highest BCUT2D eigenvalue weighted by molar-refractivity contribution is 5.77. The van der Waals surface area contributed by atoms with Gasteiger partial charge in [0.2, 0.25) is 0 Å². The summed E-state index contributed by atoms with van der Waals surface area (Å²) in [6.07, 6.45) is 5.10. The van der Waals surface area contributed by atoms with E-state index in [2.05, 4.69) is 9.88 Å². The number of hydrogen-bond acceptors (Lipinski definition) is 6. The zero-order valence-electron chi connectivity index (χ0n) is 15.6. The van der Waals surface area contributed by atoms with Crippen LogP contribution < -0.4 is 11.2 Å². The summed E-state index contributed by atoms with van der Waals surface area (Å²) in [5, 5.41) is 10.0. The van der Waals surface area contributed by atoms with Crippen molar-refractivity contribution >= 4 is 10.9 Å². The van der Waals surface area contributed by atoms with Gasteiger partial charge in [0, 0.05) is 25.5 Å². The Morgan fingerprint density at radius 2 is 1.96 bits per heavy atom. The lowest BCUT2D eigenvalue weighted by atomic mass is 10.1. The second-order valence-electron chi connectivity index (χ2n) is 6.96. The topological polar surface area (TPSA) is 93.3 Å². The zero-order valence-corrected chi connectivity index (χ0v) is 15.6. The molecule has 0 radical (unpaired) electrons. The van der Waals surface area contributed by atoms with E-state index in [1.54, 1.807) is 27.5 Å². The molecular formula is C20H23N5O3. The third-order valence-electron chi connectivity index (χ3n) is 5.29. The first-order valence-electron chi connectivity index (χ1n) is 9.55. The Morgan fingerprint density at radius 1 is 1.11 bits per heavy atom. The third-order valence-corrected chi connectivity index (χ3v) is 5.29. The normalized spacial score (nSPS) is 17.4. The summed E-state index contributed by atoms with van der Waals surface area (Å²) < 4.78 is 3.19. The van der Waals surface area contributed by atoms with Gasteiger partial charge in [0.05, 0.1) is 30.1 Å². The number of fused-ring (bicyclic) bond motifs is 1. The first-order chi connectivity index (χ1) is 13.7. The van der Waals surface area contributed by atoms with Crippen molar-refractivity contribution in [2.45, 2.75) is 32.0 Å². The van der Waals surface area contributed by atoms with Crippen molar-refractivity contribution in [3.63, 3.8) is 0 Å². The van der Waals surface area contributed by atoms with Gasteiger partial charge in [0.15, 0.2) is 0 Å². The molecule has 1 aliphatic heterocycles. The Morgan fingerprint density at radius 3 is 2.79 bits per heavy atom. The molecule has 8 nitrogen and oxygen atoms in total. The Hall–Kier alpha value is -2.84. The maximum absolute atomic E-state index is 13.0. The highest BCUT2D eigenvalue weighted by Crippen LogP contribution is 2.30. The molecule has 1 aromatic carbocycles. The standard InChI is InChI=1S/C20H23N5O3/c26-14-13-25-18(22-16-6-2-1-5-15(16)19(25)27)17-7-3-9-23(17)11-12-24-10-4-8-21-20(24)28/h1-2,4-6,8,10,17,26H,3,7,9,11-14H2. The van der Waals surface area contributed by atoms with Crippen LogP contribution in [0.3, 0.4) is 0 Å². The van der Waals surface area contributed by atoms with Gasteiger partial charge in [0.1, 0.15) is 5.82 Å². The number of aliphatic hydroxyl groups excluding tert-OH is 1. The van der Waals surface area contributed by atoms with Crippen LogP contribution in [-0.2, 0) is 13.1 Å². The SMILES string of the molecule is O=c1ncccn1CCN1CCCC1c1nc2ccccc2c(=O)n1CCO. The molecular weight excluding hydrogens is 358 g/mol. The molecule has 3 heterocycles. The van der Waals surface area contributed by atoms with Gasteiger partial charge in [-0.25, -0.2) is 14.8 Å². The molecule has 1 saturated heterocycles. The summed E-state index contributed by atoms with van der Waals surface area (Å²) in [4.78, 5) is 35.7. The average molecular weight is 381 g/mol. The molecule has 1 fully saturated rings. The lowest BCUT2D eigenvalue weighted by Crippen LogP contribution is -2.35. The van der Waals surface area contributed by atoms with Crippen LogP contribution in [0.15, 0.2) is 52.3 Å². The van der Waals surface area contributed by atoms with Crippen LogP contribution in [0.2, 0.25) is 0 Å². The smallest absolute Gasteiger partial charge is 0.347 e. The predicted molar refractivity (Wildman–Crippen MR) is 105 cm³/mol. The summed E-state index contributed by atoms with van der Waals surface area (Å²) in [6.45, 7) is 2.17. The number of rotatable bonds is 6. The first-order valence-corrected chi connectivity index (χ1v) is 9.55. The molecule has 1 aliphatic rings.